The van der Waals surface area contributed by atoms with Crippen LogP contribution in [0.25, 0.3) is 0 Å². The molecule has 1 amide bonds. The SMILES string of the molecule is COc1ccc(CC(=O)NCC2(N3CCOCC3)CCCCC2)cc1.Cl. The van der Waals surface area contributed by atoms with Gasteiger partial charge in [0.05, 0.1) is 26.7 Å². The van der Waals surface area contributed by atoms with E-state index in [2.05, 4.69) is 10.2 Å². The summed E-state index contributed by atoms with van der Waals surface area (Å²) in [6, 6.07) is 7.71. The molecule has 1 saturated heterocycles. The summed E-state index contributed by atoms with van der Waals surface area (Å²) in [4.78, 5) is 15.0. The van der Waals surface area contributed by atoms with Crippen LogP contribution in [0.2, 0.25) is 0 Å². The minimum Gasteiger partial charge on any atom is -0.497 e. The van der Waals surface area contributed by atoms with Gasteiger partial charge in [-0.3, -0.25) is 9.69 Å². The van der Waals surface area contributed by atoms with E-state index >= 15 is 0 Å². The average Bonchev–Trinajstić information content (AvgIpc) is 2.68. The molecule has 1 aromatic carbocycles. The molecule has 0 aromatic heterocycles. The molecule has 1 aromatic rings. The maximum atomic E-state index is 12.4. The molecule has 2 aliphatic rings. The zero-order chi connectivity index (χ0) is 17.5. The summed E-state index contributed by atoms with van der Waals surface area (Å²) in [5.41, 5.74) is 1.14. The first-order valence-electron chi connectivity index (χ1n) is 9.44. The number of carbonyl (C=O) groups excluding carboxylic acids is 1. The van der Waals surface area contributed by atoms with Crippen LogP contribution >= 0.6 is 12.4 Å². The Labute approximate surface area is 162 Å². The molecule has 0 atom stereocenters. The van der Waals surface area contributed by atoms with Crippen LogP contribution in [0.5, 0.6) is 5.75 Å². The molecule has 5 nitrogen and oxygen atoms in total. The van der Waals surface area contributed by atoms with Crippen molar-refractivity contribution in [1.29, 1.82) is 0 Å². The summed E-state index contributed by atoms with van der Waals surface area (Å²) in [5, 5.41) is 3.21. The second kappa shape index (κ2) is 10.1. The Morgan fingerprint density at radius 3 is 2.42 bits per heavy atom. The molecule has 0 spiro atoms. The summed E-state index contributed by atoms with van der Waals surface area (Å²) in [5.74, 6) is 0.918. The van der Waals surface area contributed by atoms with E-state index in [0.717, 1.165) is 44.2 Å². The molecule has 26 heavy (non-hydrogen) atoms. The van der Waals surface area contributed by atoms with Crippen LogP contribution in [0.3, 0.4) is 0 Å². The Morgan fingerprint density at radius 2 is 1.81 bits per heavy atom. The Hall–Kier alpha value is -1.30. The quantitative estimate of drug-likeness (QED) is 0.822. The third-order valence-electron chi connectivity index (χ3n) is 5.60. The van der Waals surface area contributed by atoms with Gasteiger partial charge >= 0.3 is 0 Å². The number of nitrogens with zero attached hydrogens (tertiary/aromatic N) is 1. The van der Waals surface area contributed by atoms with Crippen molar-refractivity contribution in [3.63, 3.8) is 0 Å². The number of rotatable bonds is 6. The van der Waals surface area contributed by atoms with Crippen LogP contribution in [0.15, 0.2) is 24.3 Å². The zero-order valence-electron chi connectivity index (χ0n) is 15.7. The van der Waals surface area contributed by atoms with Gasteiger partial charge in [-0.2, -0.15) is 0 Å². The molecular formula is C20H31ClN2O3. The number of halogens is 1. The average molecular weight is 383 g/mol. The zero-order valence-corrected chi connectivity index (χ0v) is 16.5. The van der Waals surface area contributed by atoms with Gasteiger partial charge < -0.3 is 14.8 Å². The first kappa shape index (κ1) is 21.0. The number of benzene rings is 1. The monoisotopic (exact) mass is 382 g/mol. The van der Waals surface area contributed by atoms with Gasteiger partial charge in [0, 0.05) is 25.2 Å². The van der Waals surface area contributed by atoms with E-state index < -0.39 is 0 Å². The Balaban J connectivity index is 0.00000243. The smallest absolute Gasteiger partial charge is 0.224 e. The highest BCUT2D eigenvalue weighted by Gasteiger charge is 2.38. The molecule has 1 aliphatic carbocycles. The first-order valence-corrected chi connectivity index (χ1v) is 9.44. The van der Waals surface area contributed by atoms with E-state index in [4.69, 9.17) is 9.47 Å². The van der Waals surface area contributed by atoms with Crippen LogP contribution in [0.1, 0.15) is 37.7 Å². The van der Waals surface area contributed by atoms with Crippen LogP contribution < -0.4 is 10.1 Å². The summed E-state index contributed by atoms with van der Waals surface area (Å²) in [6.45, 7) is 4.33. The highest BCUT2D eigenvalue weighted by Crippen LogP contribution is 2.33. The van der Waals surface area contributed by atoms with Gasteiger partial charge in [0.1, 0.15) is 5.75 Å². The number of ether oxygens (including phenoxy) is 2. The van der Waals surface area contributed by atoms with Gasteiger partial charge in [0.25, 0.3) is 0 Å². The fourth-order valence-corrected chi connectivity index (χ4v) is 4.11. The molecule has 146 valence electrons. The molecule has 1 saturated carbocycles. The molecule has 2 fully saturated rings. The molecule has 0 unspecified atom stereocenters. The predicted octanol–water partition coefficient (Wildman–Crippen LogP) is 2.81. The molecule has 3 rings (SSSR count). The number of hydrogen-bond donors (Lipinski definition) is 1. The minimum absolute atomic E-state index is 0. The lowest BCUT2D eigenvalue weighted by Crippen LogP contribution is -2.59. The summed E-state index contributed by atoms with van der Waals surface area (Å²) < 4.78 is 10.7. The topological polar surface area (TPSA) is 50.8 Å². The van der Waals surface area contributed by atoms with Crippen molar-refractivity contribution in [2.45, 2.75) is 44.1 Å². The van der Waals surface area contributed by atoms with Gasteiger partial charge in [-0.05, 0) is 30.5 Å². The molecule has 0 bridgehead atoms. The summed E-state index contributed by atoms with van der Waals surface area (Å²) in [7, 11) is 1.65. The predicted molar refractivity (Wildman–Crippen MR) is 105 cm³/mol. The van der Waals surface area contributed by atoms with Gasteiger partial charge in [-0.25, -0.2) is 0 Å². The van der Waals surface area contributed by atoms with Crippen LogP contribution in [0, 0.1) is 0 Å². The fourth-order valence-electron chi connectivity index (χ4n) is 4.11. The van der Waals surface area contributed by atoms with Crippen LogP contribution in [0.4, 0.5) is 0 Å². The van der Waals surface area contributed by atoms with E-state index in [-0.39, 0.29) is 23.9 Å². The number of nitrogens with one attached hydrogen (secondary N) is 1. The first-order chi connectivity index (χ1) is 12.2. The third-order valence-corrected chi connectivity index (χ3v) is 5.60. The minimum atomic E-state index is 0. The molecule has 1 heterocycles. The molecule has 1 aliphatic heterocycles. The number of morpholine rings is 1. The van der Waals surface area contributed by atoms with Crippen molar-refractivity contribution in [3.05, 3.63) is 29.8 Å². The Morgan fingerprint density at radius 1 is 1.15 bits per heavy atom. The van der Waals surface area contributed by atoms with E-state index in [1.165, 1.54) is 32.1 Å². The highest BCUT2D eigenvalue weighted by molar-refractivity contribution is 5.85. The van der Waals surface area contributed by atoms with E-state index in [0.29, 0.717) is 6.42 Å². The second-order valence-electron chi connectivity index (χ2n) is 7.19. The van der Waals surface area contributed by atoms with Crippen LogP contribution in [-0.4, -0.2) is 56.3 Å². The van der Waals surface area contributed by atoms with Gasteiger partial charge in [0.2, 0.25) is 5.91 Å². The van der Waals surface area contributed by atoms with Crippen molar-refractivity contribution in [1.82, 2.24) is 10.2 Å². The van der Waals surface area contributed by atoms with Gasteiger partial charge in [-0.1, -0.05) is 31.4 Å². The Bertz CT molecular complexity index is 553. The number of amides is 1. The lowest BCUT2D eigenvalue weighted by molar-refractivity contribution is -0.121. The molecule has 1 N–H and O–H groups in total. The van der Waals surface area contributed by atoms with Crippen molar-refractivity contribution < 1.29 is 14.3 Å². The van der Waals surface area contributed by atoms with Crippen molar-refractivity contribution in [2.24, 2.45) is 0 Å². The van der Waals surface area contributed by atoms with E-state index in [1.54, 1.807) is 7.11 Å². The number of methoxy groups -OCH3 is 1. The highest BCUT2D eigenvalue weighted by atomic mass is 35.5. The molecule has 6 heteroatoms. The van der Waals surface area contributed by atoms with E-state index in [9.17, 15) is 4.79 Å². The van der Waals surface area contributed by atoms with Crippen LogP contribution in [-0.2, 0) is 16.0 Å². The third kappa shape index (κ3) is 5.35. The fraction of sp³-hybridized carbons (Fsp3) is 0.650. The standard InChI is InChI=1S/C20H30N2O3.ClH/c1-24-18-7-5-17(6-8-18)15-19(23)21-16-20(9-3-2-4-10-20)22-11-13-25-14-12-22;/h5-8H,2-4,9-16H2,1H3,(H,21,23);1H. The van der Waals surface area contributed by atoms with Crippen molar-refractivity contribution in [3.8, 4) is 5.75 Å². The lowest BCUT2D eigenvalue weighted by Gasteiger charge is -2.48. The van der Waals surface area contributed by atoms with Crippen molar-refractivity contribution in [2.75, 3.05) is 40.0 Å². The maximum absolute atomic E-state index is 12.4. The number of carbonyl (C=O) groups is 1. The van der Waals surface area contributed by atoms with E-state index in [1.807, 2.05) is 24.3 Å². The normalized spacial score (nSPS) is 20.0. The number of hydrogen-bond acceptors (Lipinski definition) is 4. The lowest BCUT2D eigenvalue weighted by atomic mass is 9.79. The largest absolute Gasteiger partial charge is 0.497 e. The Kier molecular flexibility index (Phi) is 8.19. The molecular weight excluding hydrogens is 352 g/mol. The van der Waals surface area contributed by atoms with Crippen molar-refractivity contribution >= 4 is 18.3 Å². The van der Waals surface area contributed by atoms with Gasteiger partial charge in [-0.15, -0.1) is 12.4 Å². The summed E-state index contributed by atoms with van der Waals surface area (Å²) >= 11 is 0. The maximum Gasteiger partial charge on any atom is 0.224 e. The second-order valence-corrected chi connectivity index (χ2v) is 7.19. The summed E-state index contributed by atoms with van der Waals surface area (Å²) in [6.07, 6.45) is 6.60. The molecule has 0 radical (unpaired) electrons. The van der Waals surface area contributed by atoms with Gasteiger partial charge in [0.15, 0.2) is 0 Å².